The molecule has 0 atom stereocenters. The van der Waals surface area contributed by atoms with E-state index in [1.807, 2.05) is 20.8 Å². The lowest BCUT2D eigenvalue weighted by Gasteiger charge is -2.38. The first kappa shape index (κ1) is 13.4. The number of hydrogen-bond acceptors (Lipinski definition) is 3. The van der Waals surface area contributed by atoms with Gasteiger partial charge in [0.15, 0.2) is 0 Å². The van der Waals surface area contributed by atoms with Gasteiger partial charge in [0.2, 0.25) is 10.0 Å². The summed E-state index contributed by atoms with van der Waals surface area (Å²) >= 11 is 0. The molecular formula is C13H20N2O2S. The summed E-state index contributed by atoms with van der Waals surface area (Å²) in [5, 5.41) is 0. The molecule has 0 amide bonds. The smallest absolute Gasteiger partial charge is 0.241 e. The molecule has 0 heterocycles. The quantitative estimate of drug-likeness (QED) is 0.825. The van der Waals surface area contributed by atoms with E-state index in [4.69, 9.17) is 5.73 Å². The first-order chi connectivity index (χ1) is 8.23. The van der Waals surface area contributed by atoms with Crippen molar-refractivity contribution in [2.75, 3.05) is 5.73 Å². The lowest BCUT2D eigenvalue weighted by Crippen LogP contribution is -2.50. The van der Waals surface area contributed by atoms with Crippen molar-refractivity contribution in [2.45, 2.75) is 50.5 Å². The van der Waals surface area contributed by atoms with Crippen molar-refractivity contribution in [1.29, 1.82) is 0 Å². The van der Waals surface area contributed by atoms with E-state index in [0.29, 0.717) is 5.69 Å². The maximum Gasteiger partial charge on any atom is 0.241 e. The van der Waals surface area contributed by atoms with Gasteiger partial charge >= 0.3 is 0 Å². The average molecular weight is 268 g/mol. The average Bonchev–Trinajstić information content (AvgIpc) is 2.22. The van der Waals surface area contributed by atoms with Crippen LogP contribution in [-0.4, -0.2) is 14.0 Å². The second kappa shape index (κ2) is 4.24. The molecule has 0 aromatic heterocycles. The molecule has 3 N–H and O–H groups in total. The van der Waals surface area contributed by atoms with Crippen molar-refractivity contribution in [1.82, 2.24) is 4.72 Å². The molecule has 0 saturated heterocycles. The number of nitrogens with one attached hydrogen (secondary N) is 1. The molecule has 0 bridgehead atoms. The third-order valence-electron chi connectivity index (χ3n) is 3.83. The van der Waals surface area contributed by atoms with Gasteiger partial charge in [-0.3, -0.25) is 0 Å². The van der Waals surface area contributed by atoms with Gasteiger partial charge in [0.05, 0.1) is 4.90 Å². The number of sulfonamides is 1. The van der Waals surface area contributed by atoms with E-state index in [0.717, 1.165) is 30.4 Å². The van der Waals surface area contributed by atoms with Crippen LogP contribution in [0.3, 0.4) is 0 Å². The number of nitrogens with two attached hydrogens (primary N) is 1. The van der Waals surface area contributed by atoms with Gasteiger partial charge in [-0.2, -0.15) is 0 Å². The Hall–Kier alpha value is -1.07. The van der Waals surface area contributed by atoms with Gasteiger partial charge in [0.25, 0.3) is 0 Å². The molecule has 1 aromatic carbocycles. The minimum absolute atomic E-state index is 0.260. The molecule has 1 saturated carbocycles. The molecule has 100 valence electrons. The van der Waals surface area contributed by atoms with Crippen LogP contribution in [0.2, 0.25) is 0 Å². The molecule has 1 aromatic rings. The Labute approximate surface area is 109 Å². The number of anilines is 1. The summed E-state index contributed by atoms with van der Waals surface area (Å²) in [5.74, 6) is 0. The number of nitrogen functional groups attached to an aromatic ring is 1. The molecule has 1 aliphatic rings. The van der Waals surface area contributed by atoms with Crippen molar-refractivity contribution in [2.24, 2.45) is 0 Å². The number of aryl methyl sites for hydroxylation is 1. The lowest BCUT2D eigenvalue weighted by molar-refractivity contribution is 0.248. The highest BCUT2D eigenvalue weighted by Crippen LogP contribution is 2.33. The van der Waals surface area contributed by atoms with Crippen LogP contribution < -0.4 is 10.5 Å². The monoisotopic (exact) mass is 268 g/mol. The zero-order chi connectivity index (χ0) is 13.6. The Kier molecular flexibility index (Phi) is 3.15. The van der Waals surface area contributed by atoms with E-state index < -0.39 is 10.0 Å². The van der Waals surface area contributed by atoms with Gasteiger partial charge in [-0.05, 0) is 63.3 Å². The Bertz CT molecular complexity index is 552. The van der Waals surface area contributed by atoms with Crippen LogP contribution in [0.5, 0.6) is 0 Å². The Morgan fingerprint density at radius 1 is 1.28 bits per heavy atom. The normalized spacial score (nSPS) is 18.4. The Balaban J connectivity index is 2.35. The minimum Gasteiger partial charge on any atom is -0.398 e. The predicted octanol–water partition coefficient (Wildman–Crippen LogP) is 2.11. The molecule has 0 unspecified atom stereocenters. The van der Waals surface area contributed by atoms with E-state index in [-0.39, 0.29) is 10.4 Å². The third-order valence-corrected chi connectivity index (χ3v) is 5.45. The van der Waals surface area contributed by atoms with Crippen LogP contribution in [0, 0.1) is 13.8 Å². The highest BCUT2D eigenvalue weighted by atomic mass is 32.2. The van der Waals surface area contributed by atoms with Crippen LogP contribution >= 0.6 is 0 Å². The van der Waals surface area contributed by atoms with Crippen LogP contribution in [0.15, 0.2) is 17.0 Å². The third kappa shape index (κ3) is 2.37. The van der Waals surface area contributed by atoms with Crippen molar-refractivity contribution >= 4 is 15.7 Å². The second-order valence-electron chi connectivity index (χ2n) is 5.47. The lowest BCUT2D eigenvalue weighted by atomic mass is 9.80. The van der Waals surface area contributed by atoms with Gasteiger partial charge < -0.3 is 5.73 Å². The largest absolute Gasteiger partial charge is 0.398 e. The first-order valence-electron chi connectivity index (χ1n) is 6.14. The molecule has 0 aliphatic heterocycles. The maximum atomic E-state index is 12.3. The molecule has 4 nitrogen and oxygen atoms in total. The molecule has 2 rings (SSSR count). The van der Waals surface area contributed by atoms with Gasteiger partial charge in [-0.15, -0.1) is 0 Å². The number of rotatable bonds is 3. The minimum atomic E-state index is -3.47. The summed E-state index contributed by atoms with van der Waals surface area (Å²) in [6.45, 7) is 5.70. The summed E-state index contributed by atoms with van der Waals surface area (Å²) in [4.78, 5) is 0.260. The number of hydrogen-bond donors (Lipinski definition) is 2. The molecule has 1 aliphatic carbocycles. The summed E-state index contributed by atoms with van der Waals surface area (Å²) in [7, 11) is -3.47. The van der Waals surface area contributed by atoms with Gasteiger partial charge in [-0.1, -0.05) is 0 Å². The maximum absolute atomic E-state index is 12.3. The van der Waals surface area contributed by atoms with Crippen molar-refractivity contribution in [3.63, 3.8) is 0 Å². The van der Waals surface area contributed by atoms with E-state index in [9.17, 15) is 8.42 Å². The van der Waals surface area contributed by atoms with Crippen molar-refractivity contribution < 1.29 is 8.42 Å². The zero-order valence-electron chi connectivity index (χ0n) is 11.1. The Morgan fingerprint density at radius 2 is 1.89 bits per heavy atom. The Morgan fingerprint density at radius 3 is 2.33 bits per heavy atom. The molecule has 1 fully saturated rings. The van der Waals surface area contributed by atoms with E-state index >= 15 is 0 Å². The van der Waals surface area contributed by atoms with Crippen molar-refractivity contribution in [3.8, 4) is 0 Å². The molecule has 18 heavy (non-hydrogen) atoms. The molecular weight excluding hydrogens is 248 g/mol. The summed E-state index contributed by atoms with van der Waals surface area (Å²) < 4.78 is 27.4. The zero-order valence-corrected chi connectivity index (χ0v) is 11.9. The second-order valence-corrected chi connectivity index (χ2v) is 7.16. The topological polar surface area (TPSA) is 72.2 Å². The van der Waals surface area contributed by atoms with E-state index in [1.165, 1.54) is 6.07 Å². The van der Waals surface area contributed by atoms with E-state index in [1.54, 1.807) is 6.07 Å². The highest BCUT2D eigenvalue weighted by Gasteiger charge is 2.36. The summed E-state index contributed by atoms with van der Waals surface area (Å²) in [6.07, 6.45) is 2.87. The van der Waals surface area contributed by atoms with Crippen LogP contribution in [0.25, 0.3) is 0 Å². The fourth-order valence-electron chi connectivity index (χ4n) is 2.20. The van der Waals surface area contributed by atoms with Crippen LogP contribution in [0.4, 0.5) is 5.69 Å². The number of benzene rings is 1. The van der Waals surface area contributed by atoms with E-state index in [2.05, 4.69) is 4.72 Å². The predicted molar refractivity (Wildman–Crippen MR) is 72.9 cm³/mol. The SMILES string of the molecule is Cc1cc(S(=O)(=O)NC2(C)CCC2)cc(N)c1C. The molecule has 5 heteroatoms. The first-order valence-corrected chi connectivity index (χ1v) is 7.63. The highest BCUT2D eigenvalue weighted by molar-refractivity contribution is 7.89. The van der Waals surface area contributed by atoms with Gasteiger partial charge in [-0.25, -0.2) is 13.1 Å². The molecule has 0 radical (unpaired) electrons. The van der Waals surface area contributed by atoms with Gasteiger partial charge in [0.1, 0.15) is 0 Å². The fraction of sp³-hybridized carbons (Fsp3) is 0.538. The summed E-state index contributed by atoms with van der Waals surface area (Å²) in [6, 6.07) is 3.21. The molecule has 0 spiro atoms. The summed E-state index contributed by atoms with van der Waals surface area (Å²) in [5.41, 5.74) is 7.90. The van der Waals surface area contributed by atoms with Gasteiger partial charge in [0, 0.05) is 11.2 Å². The van der Waals surface area contributed by atoms with Crippen molar-refractivity contribution in [3.05, 3.63) is 23.3 Å². The van der Waals surface area contributed by atoms with Crippen LogP contribution in [-0.2, 0) is 10.0 Å². The fourth-order valence-corrected chi connectivity index (χ4v) is 3.78. The van der Waals surface area contributed by atoms with Crippen LogP contribution in [0.1, 0.15) is 37.3 Å². The standard InChI is InChI=1S/C13H20N2O2S/c1-9-7-11(8-12(14)10(9)2)18(16,17)15-13(3)5-4-6-13/h7-8,15H,4-6,14H2,1-3H3.